The fourth-order valence-corrected chi connectivity index (χ4v) is 5.21. The van der Waals surface area contributed by atoms with Crippen molar-refractivity contribution in [1.82, 2.24) is 30.2 Å². The van der Waals surface area contributed by atoms with Gasteiger partial charge in [-0.15, -0.1) is 0 Å². The van der Waals surface area contributed by atoms with Crippen LogP contribution in [0.4, 0.5) is 13.2 Å². The first-order chi connectivity index (χ1) is 20.4. The SMILES string of the molecule is C=C(C)C=O.CC.CCCC(F)(F)CCC(NC)c1cn2nc(CC3CCCNC3=O)c(C3COCCC3(C)F)nc2n1. The third-order valence-corrected chi connectivity index (χ3v) is 7.67. The molecule has 4 atom stereocenters. The maximum atomic E-state index is 15.6. The van der Waals surface area contributed by atoms with Gasteiger partial charge in [-0.25, -0.2) is 27.7 Å². The van der Waals surface area contributed by atoms with Gasteiger partial charge in [-0.1, -0.05) is 33.8 Å². The molecule has 43 heavy (non-hydrogen) atoms. The molecule has 0 spiro atoms. The molecule has 4 unspecified atom stereocenters. The summed E-state index contributed by atoms with van der Waals surface area (Å²) < 4.78 is 50.9. The molecule has 2 fully saturated rings. The van der Waals surface area contributed by atoms with Crippen LogP contribution in [0.1, 0.15) is 109 Å². The third kappa shape index (κ3) is 10.4. The zero-order valence-electron chi connectivity index (χ0n) is 26.5. The number of aromatic nitrogens is 4. The number of carbonyl (C=O) groups is 2. The summed E-state index contributed by atoms with van der Waals surface area (Å²) in [4.78, 5) is 31.2. The third-order valence-electron chi connectivity index (χ3n) is 7.67. The van der Waals surface area contributed by atoms with E-state index >= 15 is 4.39 Å². The van der Waals surface area contributed by atoms with Gasteiger partial charge in [0.15, 0.2) is 0 Å². The van der Waals surface area contributed by atoms with E-state index in [-0.39, 0.29) is 49.9 Å². The fourth-order valence-electron chi connectivity index (χ4n) is 5.21. The molecular weight excluding hydrogens is 561 g/mol. The highest BCUT2D eigenvalue weighted by molar-refractivity contribution is 5.79. The number of hydrogen-bond acceptors (Lipinski definition) is 7. The van der Waals surface area contributed by atoms with Crippen molar-refractivity contribution in [3.63, 3.8) is 0 Å². The molecule has 2 aliphatic heterocycles. The summed E-state index contributed by atoms with van der Waals surface area (Å²) in [6.07, 6.45) is 4.79. The Labute approximate surface area is 253 Å². The lowest BCUT2D eigenvalue weighted by molar-refractivity contribution is -0.126. The molecule has 4 heterocycles. The average Bonchev–Trinajstić information content (AvgIpc) is 3.38. The number of alkyl halides is 3. The quantitative estimate of drug-likeness (QED) is 0.249. The highest BCUT2D eigenvalue weighted by Gasteiger charge is 2.42. The van der Waals surface area contributed by atoms with E-state index in [4.69, 9.17) is 14.8 Å². The molecule has 0 bridgehead atoms. The molecule has 242 valence electrons. The second kappa shape index (κ2) is 16.8. The van der Waals surface area contributed by atoms with Crippen molar-refractivity contribution in [2.75, 3.05) is 26.8 Å². The van der Waals surface area contributed by atoms with Gasteiger partial charge in [-0.2, -0.15) is 5.10 Å². The van der Waals surface area contributed by atoms with Crippen LogP contribution in [-0.4, -0.2) is 70.2 Å². The van der Waals surface area contributed by atoms with E-state index in [1.807, 2.05) is 13.8 Å². The average molecular weight is 611 g/mol. The number of imidazole rings is 1. The number of nitrogens with zero attached hydrogens (tertiary/aromatic N) is 4. The first kappa shape index (κ1) is 36.3. The Hall–Kier alpha value is -2.86. The van der Waals surface area contributed by atoms with Crippen LogP contribution in [-0.2, 0) is 20.7 Å². The van der Waals surface area contributed by atoms with Crippen LogP contribution in [0.2, 0.25) is 0 Å². The van der Waals surface area contributed by atoms with Gasteiger partial charge in [-0.05, 0) is 45.7 Å². The summed E-state index contributed by atoms with van der Waals surface area (Å²) in [5.74, 6) is -3.40. The summed E-state index contributed by atoms with van der Waals surface area (Å²) in [5.41, 5.74) is 0.584. The van der Waals surface area contributed by atoms with Gasteiger partial charge in [0, 0.05) is 44.8 Å². The molecule has 1 amide bonds. The number of halogens is 3. The first-order valence-electron chi connectivity index (χ1n) is 15.4. The second-order valence-corrected chi connectivity index (χ2v) is 11.3. The van der Waals surface area contributed by atoms with Gasteiger partial charge in [0.2, 0.25) is 11.8 Å². The molecule has 2 aromatic heterocycles. The summed E-state index contributed by atoms with van der Waals surface area (Å²) >= 11 is 0. The van der Waals surface area contributed by atoms with E-state index in [1.165, 1.54) is 4.52 Å². The predicted molar refractivity (Wildman–Crippen MR) is 161 cm³/mol. The number of piperidine rings is 1. The van der Waals surface area contributed by atoms with Gasteiger partial charge in [0.1, 0.15) is 12.0 Å². The van der Waals surface area contributed by atoms with Gasteiger partial charge in [0.05, 0.1) is 41.8 Å². The lowest BCUT2D eigenvalue weighted by Crippen LogP contribution is -2.40. The zero-order valence-corrected chi connectivity index (χ0v) is 26.5. The summed E-state index contributed by atoms with van der Waals surface area (Å²) in [5, 5.41) is 10.7. The van der Waals surface area contributed by atoms with Gasteiger partial charge in [0.25, 0.3) is 5.78 Å². The van der Waals surface area contributed by atoms with Crippen LogP contribution < -0.4 is 10.6 Å². The summed E-state index contributed by atoms with van der Waals surface area (Å²) in [6, 6.07) is -0.406. The fraction of sp³-hybridized carbons (Fsp3) is 0.710. The van der Waals surface area contributed by atoms with Gasteiger partial charge in [-0.3, -0.25) is 9.59 Å². The monoisotopic (exact) mass is 610 g/mol. The van der Waals surface area contributed by atoms with Crippen LogP contribution >= 0.6 is 0 Å². The topological polar surface area (TPSA) is 111 Å². The minimum absolute atomic E-state index is 0.0356. The van der Waals surface area contributed by atoms with Crippen molar-refractivity contribution in [2.45, 2.75) is 110 Å². The van der Waals surface area contributed by atoms with E-state index in [2.05, 4.69) is 22.2 Å². The molecule has 2 aromatic rings. The molecule has 0 aliphatic carbocycles. The number of amides is 1. The summed E-state index contributed by atoms with van der Waals surface area (Å²) in [6.45, 7) is 13.4. The van der Waals surface area contributed by atoms with Gasteiger partial charge >= 0.3 is 0 Å². The van der Waals surface area contributed by atoms with Crippen LogP contribution in [0.3, 0.4) is 0 Å². The molecular formula is C31H49F3N6O3. The Morgan fingerprint density at radius 3 is 2.63 bits per heavy atom. The number of ether oxygens (including phenoxy) is 1. The van der Waals surface area contributed by atoms with E-state index in [9.17, 15) is 18.4 Å². The molecule has 4 rings (SSSR count). The molecule has 12 heteroatoms. The molecule has 2 saturated heterocycles. The highest BCUT2D eigenvalue weighted by Crippen LogP contribution is 2.39. The summed E-state index contributed by atoms with van der Waals surface area (Å²) in [7, 11) is 1.71. The smallest absolute Gasteiger partial charge is 0.251 e. The number of nitrogens with one attached hydrogen (secondary N) is 2. The van der Waals surface area contributed by atoms with Crippen molar-refractivity contribution in [2.24, 2.45) is 5.92 Å². The molecule has 9 nitrogen and oxygen atoms in total. The second-order valence-electron chi connectivity index (χ2n) is 11.3. The normalized spacial score (nSPS) is 22.9. The van der Waals surface area contributed by atoms with E-state index < -0.39 is 23.6 Å². The Balaban J connectivity index is 0.000000836. The number of carbonyl (C=O) groups excluding carboxylic acids is 2. The van der Waals surface area contributed by atoms with Crippen LogP contribution in [0.25, 0.3) is 5.78 Å². The lowest BCUT2D eigenvalue weighted by atomic mass is 9.82. The Morgan fingerprint density at radius 2 is 2.05 bits per heavy atom. The molecule has 2 aliphatic rings. The number of aldehydes is 1. The van der Waals surface area contributed by atoms with Crippen LogP contribution in [0.5, 0.6) is 0 Å². The van der Waals surface area contributed by atoms with Gasteiger partial charge < -0.3 is 15.4 Å². The van der Waals surface area contributed by atoms with Crippen molar-refractivity contribution in [3.8, 4) is 0 Å². The highest BCUT2D eigenvalue weighted by atomic mass is 19.3. The Kier molecular flexibility index (Phi) is 14.2. The lowest BCUT2D eigenvalue weighted by Gasteiger charge is -2.35. The minimum Gasteiger partial charge on any atom is -0.381 e. The first-order valence-corrected chi connectivity index (χ1v) is 15.4. The molecule has 2 N–H and O–H groups in total. The molecule has 0 radical (unpaired) electrons. The van der Waals surface area contributed by atoms with Crippen molar-refractivity contribution in [1.29, 1.82) is 0 Å². The van der Waals surface area contributed by atoms with Crippen molar-refractivity contribution in [3.05, 3.63) is 35.4 Å². The maximum Gasteiger partial charge on any atom is 0.251 e. The number of fused-ring (bicyclic) bond motifs is 1. The maximum absolute atomic E-state index is 15.6. The predicted octanol–water partition coefficient (Wildman–Crippen LogP) is 5.69. The molecule has 0 aromatic carbocycles. The van der Waals surface area contributed by atoms with Crippen LogP contribution in [0.15, 0.2) is 18.3 Å². The zero-order chi connectivity index (χ0) is 32.2. The largest absolute Gasteiger partial charge is 0.381 e. The minimum atomic E-state index is -2.73. The molecule has 0 saturated carbocycles. The Bertz CT molecular complexity index is 1200. The van der Waals surface area contributed by atoms with Crippen molar-refractivity contribution >= 4 is 18.0 Å². The Morgan fingerprint density at radius 1 is 1.35 bits per heavy atom. The van der Waals surface area contributed by atoms with Crippen LogP contribution in [0, 0.1) is 5.92 Å². The van der Waals surface area contributed by atoms with E-state index in [0.717, 1.165) is 19.1 Å². The van der Waals surface area contributed by atoms with E-state index in [1.54, 1.807) is 34.0 Å². The number of rotatable bonds is 11. The number of allylic oxidation sites excluding steroid dienone is 1. The van der Waals surface area contributed by atoms with Crippen molar-refractivity contribution < 1.29 is 27.5 Å². The van der Waals surface area contributed by atoms with E-state index in [0.29, 0.717) is 48.6 Å². The number of hydrogen-bond donors (Lipinski definition) is 2. The standard InChI is InChI=1S/C25H37F3N6O2.C4H6O.C2H6/c1-4-8-25(27,28)9-7-18(29-3)20-14-34-23(31-20)32-21(17-15-36-12-10-24(17,2)26)19(33-34)13-16-6-5-11-30-22(16)35;1-4(2)3-5;1-2/h14,16-18,29H,4-13,15H2,1-3H3,(H,30,35);3H,1H2,2H3;1-2H3.